The van der Waals surface area contributed by atoms with Crippen molar-refractivity contribution in [3.63, 3.8) is 0 Å². The van der Waals surface area contributed by atoms with Crippen LogP contribution in [-0.4, -0.2) is 46.8 Å². The van der Waals surface area contributed by atoms with Gasteiger partial charge >= 0.3 is 12.4 Å². The van der Waals surface area contributed by atoms with Gasteiger partial charge in [0.15, 0.2) is 11.2 Å². The Balaban J connectivity index is 0.000000260. The molecule has 0 aliphatic heterocycles. The summed E-state index contributed by atoms with van der Waals surface area (Å²) in [4.78, 5) is 7.53. The highest BCUT2D eigenvalue weighted by atomic mass is 127. The molecule has 0 saturated heterocycles. The SMILES string of the molecule is COc1ccc(C(C)C(O)(c2ccnc(Cl)c2)C(F)(F)F)c(Cl)c1.COc1ccc(C(C)C(O)(c2ccnc(I)c2)C(F)(F)F)c(Cl)c1. The van der Waals surface area contributed by atoms with Crippen molar-refractivity contribution in [2.45, 2.75) is 49.2 Å². The number of aliphatic hydroxyl groups is 2. The Labute approximate surface area is 301 Å². The van der Waals surface area contributed by atoms with Crippen LogP contribution in [0.15, 0.2) is 73.1 Å². The zero-order valence-corrected chi connectivity index (χ0v) is 29.9. The van der Waals surface area contributed by atoms with Crippen molar-refractivity contribution in [1.82, 2.24) is 9.97 Å². The van der Waals surface area contributed by atoms with E-state index in [4.69, 9.17) is 44.3 Å². The summed E-state index contributed by atoms with van der Waals surface area (Å²) in [5.74, 6) is -1.91. The van der Waals surface area contributed by atoms with E-state index in [1.54, 1.807) is 22.6 Å². The van der Waals surface area contributed by atoms with Crippen LogP contribution in [0.3, 0.4) is 0 Å². The summed E-state index contributed by atoms with van der Waals surface area (Å²) >= 11 is 19.7. The molecule has 0 amide bonds. The van der Waals surface area contributed by atoms with Gasteiger partial charge in [0.05, 0.1) is 14.2 Å². The molecule has 260 valence electrons. The average molecular weight is 852 g/mol. The van der Waals surface area contributed by atoms with Gasteiger partial charge < -0.3 is 19.7 Å². The molecular formula is C32H28Cl3F6IN2O4. The summed E-state index contributed by atoms with van der Waals surface area (Å²) in [6, 6.07) is 13.0. The van der Waals surface area contributed by atoms with Crippen molar-refractivity contribution in [3.05, 3.63) is 114 Å². The molecule has 0 bridgehead atoms. The number of ether oxygens (including phenoxy) is 2. The molecule has 0 aliphatic rings. The predicted octanol–water partition coefficient (Wildman–Crippen LogP) is 9.85. The van der Waals surface area contributed by atoms with Crippen LogP contribution in [0.1, 0.15) is 47.9 Å². The largest absolute Gasteiger partial charge is 0.497 e. The normalized spacial score (nSPS) is 15.7. The van der Waals surface area contributed by atoms with E-state index in [1.165, 1.54) is 76.7 Å². The zero-order chi connectivity index (χ0) is 36.2. The maximum absolute atomic E-state index is 13.8. The third-order valence-electron chi connectivity index (χ3n) is 7.80. The van der Waals surface area contributed by atoms with Crippen LogP contribution in [0, 0.1) is 3.70 Å². The van der Waals surface area contributed by atoms with Crippen LogP contribution in [0.5, 0.6) is 11.5 Å². The molecule has 2 aromatic carbocycles. The zero-order valence-electron chi connectivity index (χ0n) is 25.5. The number of pyridine rings is 2. The molecule has 4 rings (SSSR count). The van der Waals surface area contributed by atoms with Crippen LogP contribution < -0.4 is 9.47 Å². The lowest BCUT2D eigenvalue weighted by molar-refractivity contribution is -0.274. The third-order valence-corrected chi connectivity index (χ3v) is 9.25. The quantitative estimate of drug-likeness (QED) is 0.104. The summed E-state index contributed by atoms with van der Waals surface area (Å²) in [6.07, 6.45) is -7.52. The smallest absolute Gasteiger partial charge is 0.422 e. The summed E-state index contributed by atoms with van der Waals surface area (Å²) in [5, 5.41) is 21.3. The van der Waals surface area contributed by atoms with Crippen LogP contribution >= 0.6 is 57.4 Å². The van der Waals surface area contributed by atoms with Gasteiger partial charge in [0, 0.05) is 34.3 Å². The molecule has 6 nitrogen and oxygen atoms in total. The van der Waals surface area contributed by atoms with Crippen LogP contribution in [0.4, 0.5) is 26.3 Å². The van der Waals surface area contributed by atoms with Gasteiger partial charge in [0.25, 0.3) is 0 Å². The van der Waals surface area contributed by atoms with Gasteiger partial charge in [-0.1, -0.05) is 60.8 Å². The number of benzene rings is 2. The lowest BCUT2D eigenvalue weighted by Gasteiger charge is -2.37. The fraction of sp³-hybridized carbons (Fsp3) is 0.312. The molecule has 16 heteroatoms. The van der Waals surface area contributed by atoms with E-state index in [0.717, 1.165) is 24.4 Å². The molecule has 4 atom stereocenters. The Morgan fingerprint density at radius 2 is 1.04 bits per heavy atom. The van der Waals surface area contributed by atoms with Gasteiger partial charge in [-0.15, -0.1) is 0 Å². The minimum atomic E-state index is -4.96. The summed E-state index contributed by atoms with van der Waals surface area (Å²) in [5.41, 5.74) is -6.68. The molecule has 2 aromatic heterocycles. The lowest BCUT2D eigenvalue weighted by atomic mass is 9.78. The molecule has 0 fully saturated rings. The first-order chi connectivity index (χ1) is 22.2. The molecule has 2 N–H and O–H groups in total. The standard InChI is InChI=1S/C16H14Cl2F3NO2.C16H14ClF3INO2/c1-9(12-4-3-11(24-2)8-13(12)17)15(23,16(19,20)21)10-5-6-22-14(18)7-10;1-9(12-4-3-11(24-2)8-13(12)17)15(23,16(18,19)20)10-5-6-22-14(21)7-10/h2*3-9,23H,1-2H3. The van der Waals surface area contributed by atoms with Crippen LogP contribution in [-0.2, 0) is 11.2 Å². The Hall–Kier alpha value is -2.56. The van der Waals surface area contributed by atoms with Gasteiger partial charge in [-0.2, -0.15) is 26.3 Å². The topological polar surface area (TPSA) is 84.7 Å². The molecule has 0 saturated carbocycles. The number of methoxy groups -OCH3 is 2. The predicted molar refractivity (Wildman–Crippen MR) is 179 cm³/mol. The maximum Gasteiger partial charge on any atom is 0.422 e. The number of alkyl halides is 6. The van der Waals surface area contributed by atoms with E-state index in [2.05, 4.69) is 9.97 Å². The van der Waals surface area contributed by atoms with Gasteiger partial charge in [0.1, 0.15) is 20.4 Å². The first-order valence-electron chi connectivity index (χ1n) is 13.7. The summed E-state index contributed by atoms with van der Waals surface area (Å²) < 4.78 is 93.0. The average Bonchev–Trinajstić information content (AvgIpc) is 3.02. The molecule has 48 heavy (non-hydrogen) atoms. The lowest BCUT2D eigenvalue weighted by Crippen LogP contribution is -2.46. The maximum atomic E-state index is 13.8. The van der Waals surface area contributed by atoms with Crippen molar-refractivity contribution >= 4 is 57.4 Å². The van der Waals surface area contributed by atoms with E-state index in [0.29, 0.717) is 15.2 Å². The van der Waals surface area contributed by atoms with Crippen molar-refractivity contribution in [2.75, 3.05) is 14.2 Å². The number of hydrogen-bond acceptors (Lipinski definition) is 6. The van der Waals surface area contributed by atoms with Crippen molar-refractivity contribution < 1.29 is 46.0 Å². The minimum Gasteiger partial charge on any atom is -0.497 e. The second-order valence-corrected chi connectivity index (χ2v) is 12.8. The number of rotatable bonds is 8. The Morgan fingerprint density at radius 3 is 1.38 bits per heavy atom. The van der Waals surface area contributed by atoms with Crippen LogP contribution in [0.2, 0.25) is 15.2 Å². The fourth-order valence-electron chi connectivity index (χ4n) is 5.02. The van der Waals surface area contributed by atoms with Gasteiger partial charge in [-0.3, -0.25) is 4.98 Å². The van der Waals surface area contributed by atoms with E-state index >= 15 is 0 Å². The number of halogens is 10. The monoisotopic (exact) mass is 850 g/mol. The van der Waals surface area contributed by atoms with Crippen molar-refractivity contribution in [3.8, 4) is 11.5 Å². The highest BCUT2D eigenvalue weighted by molar-refractivity contribution is 14.1. The van der Waals surface area contributed by atoms with E-state index in [1.807, 2.05) is 0 Å². The second-order valence-electron chi connectivity index (χ2n) is 10.5. The van der Waals surface area contributed by atoms with Crippen molar-refractivity contribution in [1.29, 1.82) is 0 Å². The first-order valence-corrected chi connectivity index (χ1v) is 15.9. The highest BCUT2D eigenvalue weighted by Gasteiger charge is 2.60. The fourth-order valence-corrected chi connectivity index (χ4v) is 6.36. The van der Waals surface area contributed by atoms with Crippen molar-refractivity contribution in [2.24, 2.45) is 0 Å². The molecule has 0 spiro atoms. The molecule has 0 radical (unpaired) electrons. The molecular weight excluding hydrogens is 824 g/mol. The van der Waals surface area contributed by atoms with Gasteiger partial charge in [-0.25, -0.2) is 4.98 Å². The Morgan fingerprint density at radius 1 is 0.646 bits per heavy atom. The second kappa shape index (κ2) is 15.5. The molecule has 4 unspecified atom stereocenters. The number of aromatic nitrogens is 2. The van der Waals surface area contributed by atoms with E-state index < -0.39 is 41.0 Å². The third kappa shape index (κ3) is 8.24. The minimum absolute atomic E-state index is 0.0599. The van der Waals surface area contributed by atoms with E-state index in [9.17, 15) is 36.6 Å². The Bertz CT molecular complexity index is 1610. The van der Waals surface area contributed by atoms with Gasteiger partial charge in [0.2, 0.25) is 0 Å². The molecule has 0 aliphatic carbocycles. The Kier molecular flexibility index (Phi) is 12.9. The molecule has 4 aromatic rings. The number of nitrogens with zero attached hydrogens (tertiary/aromatic N) is 2. The van der Waals surface area contributed by atoms with E-state index in [-0.39, 0.29) is 31.9 Å². The van der Waals surface area contributed by atoms with Crippen LogP contribution in [0.25, 0.3) is 0 Å². The summed E-state index contributed by atoms with van der Waals surface area (Å²) in [7, 11) is 2.85. The first kappa shape index (κ1) is 39.9. The number of hydrogen-bond donors (Lipinski definition) is 2. The highest BCUT2D eigenvalue weighted by Crippen LogP contribution is 2.51. The molecule has 2 heterocycles. The summed E-state index contributed by atoms with van der Waals surface area (Å²) in [6.45, 7) is 2.53. The van der Waals surface area contributed by atoms with Gasteiger partial charge in [-0.05, 0) is 93.4 Å².